The monoisotopic (exact) mass is 358 g/mol. The number of rotatable bonds is 5. The van der Waals surface area contributed by atoms with Gasteiger partial charge in [-0.3, -0.25) is 9.59 Å². The number of hydrogen-bond donors (Lipinski definition) is 0. The van der Waals surface area contributed by atoms with Gasteiger partial charge in [-0.2, -0.15) is 0 Å². The molecule has 6 nitrogen and oxygen atoms in total. The molecule has 26 heavy (non-hydrogen) atoms. The Hall–Kier alpha value is -2.11. The van der Waals surface area contributed by atoms with E-state index in [1.54, 1.807) is 0 Å². The van der Waals surface area contributed by atoms with E-state index < -0.39 is 0 Å². The Morgan fingerprint density at radius 1 is 1.04 bits per heavy atom. The number of carbonyl (C=O) groups excluding carboxylic acids is 2. The van der Waals surface area contributed by atoms with E-state index in [1.165, 1.54) is 0 Å². The van der Waals surface area contributed by atoms with Gasteiger partial charge in [-0.15, -0.1) is 0 Å². The van der Waals surface area contributed by atoms with Gasteiger partial charge in [0.25, 0.3) is 0 Å². The first-order chi connectivity index (χ1) is 12.7. The second-order valence-corrected chi connectivity index (χ2v) is 7.26. The van der Waals surface area contributed by atoms with Crippen LogP contribution in [0.25, 0.3) is 0 Å². The Balaban J connectivity index is 1.44. The summed E-state index contributed by atoms with van der Waals surface area (Å²) in [6.45, 7) is 6.73. The molecular weight excluding hydrogens is 328 g/mol. The van der Waals surface area contributed by atoms with Crippen molar-refractivity contribution in [3.63, 3.8) is 0 Å². The zero-order valence-corrected chi connectivity index (χ0v) is 15.8. The van der Waals surface area contributed by atoms with E-state index in [1.807, 2.05) is 34.2 Å². The third kappa shape index (κ3) is 4.54. The Labute approximate surface area is 156 Å². The van der Waals surface area contributed by atoms with Crippen molar-refractivity contribution in [3.05, 3.63) is 24.4 Å². The number of piperazine rings is 1. The first-order valence-electron chi connectivity index (χ1n) is 9.91. The quantitative estimate of drug-likeness (QED) is 0.809. The molecule has 0 aliphatic carbocycles. The Morgan fingerprint density at radius 2 is 1.77 bits per heavy atom. The highest BCUT2D eigenvalue weighted by atomic mass is 16.2. The van der Waals surface area contributed by atoms with E-state index >= 15 is 0 Å². The second-order valence-electron chi connectivity index (χ2n) is 7.26. The van der Waals surface area contributed by atoms with Gasteiger partial charge in [0.05, 0.1) is 0 Å². The molecule has 0 aromatic carbocycles. The maximum absolute atomic E-state index is 12.8. The first kappa shape index (κ1) is 18.7. The maximum Gasteiger partial charge on any atom is 0.225 e. The minimum atomic E-state index is 0.0756. The van der Waals surface area contributed by atoms with Crippen molar-refractivity contribution in [1.29, 1.82) is 0 Å². The number of aromatic nitrogens is 1. The van der Waals surface area contributed by atoms with Gasteiger partial charge in [-0.25, -0.2) is 4.98 Å². The molecule has 1 aromatic rings. The van der Waals surface area contributed by atoms with Crippen molar-refractivity contribution in [2.75, 3.05) is 44.2 Å². The molecule has 2 amide bonds. The van der Waals surface area contributed by atoms with Crippen LogP contribution in [0.1, 0.15) is 39.0 Å². The van der Waals surface area contributed by atoms with Gasteiger partial charge in [0.2, 0.25) is 11.8 Å². The zero-order valence-electron chi connectivity index (χ0n) is 15.8. The standard InChI is InChI=1S/C20H30N4O2/c1-2-3-7-19(25)23-11-8-17(9-12-23)20(26)24-15-13-22(14-16-24)18-6-4-5-10-21-18/h4-6,10,17H,2-3,7-9,11-16H2,1H3. The molecule has 0 unspecified atom stereocenters. The summed E-state index contributed by atoms with van der Waals surface area (Å²) in [7, 11) is 0. The van der Waals surface area contributed by atoms with Crippen molar-refractivity contribution in [1.82, 2.24) is 14.8 Å². The molecule has 142 valence electrons. The number of pyridine rings is 1. The summed E-state index contributed by atoms with van der Waals surface area (Å²) in [5.74, 6) is 1.58. The lowest BCUT2D eigenvalue weighted by atomic mass is 9.94. The summed E-state index contributed by atoms with van der Waals surface area (Å²) in [4.78, 5) is 35.5. The van der Waals surface area contributed by atoms with Crippen LogP contribution >= 0.6 is 0 Å². The van der Waals surface area contributed by atoms with Crippen molar-refractivity contribution in [2.45, 2.75) is 39.0 Å². The van der Waals surface area contributed by atoms with Crippen LogP contribution in [0, 0.1) is 5.92 Å². The number of unbranched alkanes of at least 4 members (excludes halogenated alkanes) is 1. The third-order valence-electron chi connectivity index (χ3n) is 5.51. The van der Waals surface area contributed by atoms with Gasteiger partial charge in [0, 0.05) is 57.8 Å². The van der Waals surface area contributed by atoms with E-state index in [9.17, 15) is 9.59 Å². The van der Waals surface area contributed by atoms with E-state index in [2.05, 4.69) is 16.8 Å². The normalized spacial score (nSPS) is 18.9. The van der Waals surface area contributed by atoms with Crippen LogP contribution in [0.4, 0.5) is 5.82 Å². The lowest BCUT2D eigenvalue weighted by molar-refractivity contribution is -0.141. The highest BCUT2D eigenvalue weighted by Crippen LogP contribution is 2.22. The molecule has 2 fully saturated rings. The van der Waals surface area contributed by atoms with Gasteiger partial charge in [-0.1, -0.05) is 19.4 Å². The molecule has 6 heteroatoms. The van der Waals surface area contributed by atoms with Crippen molar-refractivity contribution in [2.24, 2.45) is 5.92 Å². The largest absolute Gasteiger partial charge is 0.353 e. The molecule has 2 aliphatic heterocycles. The number of anilines is 1. The van der Waals surface area contributed by atoms with E-state index in [4.69, 9.17) is 0 Å². The van der Waals surface area contributed by atoms with Crippen LogP contribution in [-0.4, -0.2) is 65.9 Å². The Bertz CT molecular complexity index is 591. The predicted octanol–water partition coefficient (Wildman–Crippen LogP) is 2.16. The van der Waals surface area contributed by atoms with Gasteiger partial charge in [0.1, 0.15) is 5.82 Å². The van der Waals surface area contributed by atoms with Gasteiger partial charge >= 0.3 is 0 Å². The van der Waals surface area contributed by atoms with Crippen LogP contribution < -0.4 is 4.90 Å². The number of piperidine rings is 1. The van der Waals surface area contributed by atoms with E-state index in [0.717, 1.165) is 70.8 Å². The number of carbonyl (C=O) groups is 2. The van der Waals surface area contributed by atoms with Gasteiger partial charge in [0.15, 0.2) is 0 Å². The molecule has 1 aromatic heterocycles. The second kappa shape index (κ2) is 9.01. The minimum Gasteiger partial charge on any atom is -0.353 e. The van der Waals surface area contributed by atoms with E-state index in [0.29, 0.717) is 6.42 Å². The van der Waals surface area contributed by atoms with Crippen LogP contribution in [-0.2, 0) is 9.59 Å². The molecule has 0 spiro atoms. The Kier molecular flexibility index (Phi) is 6.47. The van der Waals surface area contributed by atoms with Crippen LogP contribution in [0.5, 0.6) is 0 Å². The SMILES string of the molecule is CCCCC(=O)N1CCC(C(=O)N2CCN(c3ccccn3)CC2)CC1. The van der Waals surface area contributed by atoms with Crippen molar-refractivity contribution in [3.8, 4) is 0 Å². The van der Waals surface area contributed by atoms with Gasteiger partial charge in [-0.05, 0) is 31.4 Å². The fourth-order valence-electron chi connectivity index (χ4n) is 3.82. The summed E-state index contributed by atoms with van der Waals surface area (Å²) in [5, 5.41) is 0. The maximum atomic E-state index is 12.8. The number of likely N-dealkylation sites (tertiary alicyclic amines) is 1. The summed E-state index contributed by atoms with van der Waals surface area (Å²) < 4.78 is 0. The molecule has 2 saturated heterocycles. The molecule has 0 bridgehead atoms. The third-order valence-corrected chi connectivity index (χ3v) is 5.51. The topological polar surface area (TPSA) is 56.8 Å². The summed E-state index contributed by atoms with van der Waals surface area (Å²) >= 11 is 0. The molecule has 3 heterocycles. The van der Waals surface area contributed by atoms with E-state index in [-0.39, 0.29) is 17.7 Å². The molecular formula is C20H30N4O2. The summed E-state index contributed by atoms with van der Waals surface area (Å²) in [6, 6.07) is 5.93. The fourth-order valence-corrected chi connectivity index (χ4v) is 3.82. The number of amides is 2. The van der Waals surface area contributed by atoms with Gasteiger partial charge < -0.3 is 14.7 Å². The minimum absolute atomic E-state index is 0.0756. The van der Waals surface area contributed by atoms with Crippen molar-refractivity contribution >= 4 is 17.6 Å². The Morgan fingerprint density at radius 3 is 2.38 bits per heavy atom. The summed E-state index contributed by atoms with van der Waals surface area (Å²) in [6.07, 6.45) is 6.06. The smallest absolute Gasteiger partial charge is 0.225 e. The summed E-state index contributed by atoms with van der Waals surface area (Å²) in [5.41, 5.74) is 0. The predicted molar refractivity (Wildman–Crippen MR) is 102 cm³/mol. The van der Waals surface area contributed by atoms with Crippen LogP contribution in [0.3, 0.4) is 0 Å². The fraction of sp³-hybridized carbons (Fsp3) is 0.650. The average Bonchev–Trinajstić information content (AvgIpc) is 2.72. The zero-order chi connectivity index (χ0) is 18.4. The first-order valence-corrected chi connectivity index (χ1v) is 9.91. The van der Waals surface area contributed by atoms with Crippen LogP contribution in [0.15, 0.2) is 24.4 Å². The molecule has 2 aliphatic rings. The number of nitrogens with zero attached hydrogens (tertiary/aromatic N) is 4. The molecule has 0 atom stereocenters. The van der Waals surface area contributed by atoms with Crippen LogP contribution in [0.2, 0.25) is 0 Å². The average molecular weight is 358 g/mol. The lowest BCUT2D eigenvalue weighted by Gasteiger charge is -2.39. The highest BCUT2D eigenvalue weighted by molar-refractivity contribution is 5.80. The molecule has 0 saturated carbocycles. The lowest BCUT2D eigenvalue weighted by Crippen LogP contribution is -2.52. The molecule has 3 rings (SSSR count). The molecule has 0 N–H and O–H groups in total. The van der Waals surface area contributed by atoms with Crippen molar-refractivity contribution < 1.29 is 9.59 Å². The highest BCUT2D eigenvalue weighted by Gasteiger charge is 2.31. The number of hydrogen-bond acceptors (Lipinski definition) is 4. The molecule has 0 radical (unpaired) electrons.